The Bertz CT molecular complexity index is 2810. The summed E-state index contributed by atoms with van der Waals surface area (Å²) in [5.41, 5.74) is 11.6. The van der Waals surface area contributed by atoms with Crippen molar-refractivity contribution in [1.29, 1.82) is 0 Å². The van der Waals surface area contributed by atoms with Crippen LogP contribution in [0.15, 0.2) is 155 Å². The fourth-order valence-electron chi connectivity index (χ4n) is 6.80. The summed E-state index contributed by atoms with van der Waals surface area (Å²) in [7, 11) is 0. The van der Waals surface area contributed by atoms with Gasteiger partial charge in [-0.15, -0.1) is 0 Å². The summed E-state index contributed by atoms with van der Waals surface area (Å²) in [6.45, 7) is 0. The SMILES string of the molecule is c1ccc(-c2ccc3oc4c(ccc5c6cc(-c7cccc(-c8ccc9ccc%10cccnc%10c9n8)c7)ccc6oc54)c3c2)cc1. The first kappa shape index (κ1) is 25.1. The van der Waals surface area contributed by atoms with Crippen molar-refractivity contribution in [2.24, 2.45) is 0 Å². The van der Waals surface area contributed by atoms with Crippen molar-refractivity contribution in [2.45, 2.75) is 0 Å². The molecule has 0 spiro atoms. The van der Waals surface area contributed by atoms with Gasteiger partial charge in [-0.05, 0) is 76.9 Å². The number of pyridine rings is 2. The number of furan rings is 2. The fraction of sp³-hybridized carbons (Fsp3) is 0. The van der Waals surface area contributed by atoms with E-state index in [1.807, 2.05) is 18.3 Å². The number of rotatable bonds is 3. The summed E-state index contributed by atoms with van der Waals surface area (Å²) in [6, 6.07) is 48.5. The van der Waals surface area contributed by atoms with Crippen LogP contribution < -0.4 is 0 Å². The highest BCUT2D eigenvalue weighted by molar-refractivity contribution is 6.19. The predicted octanol–water partition coefficient (Wildman–Crippen LogP) is 11.6. The number of fused-ring (bicyclic) bond motifs is 10. The molecule has 0 atom stereocenters. The normalized spacial score (nSPS) is 11.9. The Morgan fingerprint density at radius 3 is 1.74 bits per heavy atom. The van der Waals surface area contributed by atoms with Gasteiger partial charge in [-0.25, -0.2) is 4.98 Å². The molecule has 0 aliphatic rings. The van der Waals surface area contributed by atoms with Crippen LogP contribution in [0.4, 0.5) is 0 Å². The minimum atomic E-state index is 0.775. The van der Waals surface area contributed by atoms with Crippen LogP contribution in [0.2, 0.25) is 0 Å². The minimum absolute atomic E-state index is 0.775. The second-order valence-electron chi connectivity index (χ2n) is 11.8. The van der Waals surface area contributed by atoms with Crippen LogP contribution in [-0.2, 0) is 0 Å². The highest BCUT2D eigenvalue weighted by atomic mass is 16.4. The first-order valence-electron chi connectivity index (χ1n) is 15.4. The first-order valence-corrected chi connectivity index (χ1v) is 15.4. The molecule has 46 heavy (non-hydrogen) atoms. The van der Waals surface area contributed by atoms with Crippen molar-refractivity contribution >= 4 is 65.7 Å². The number of nitrogens with zero attached hydrogens (tertiary/aromatic N) is 2. The largest absolute Gasteiger partial charge is 0.452 e. The van der Waals surface area contributed by atoms with Crippen molar-refractivity contribution < 1.29 is 8.83 Å². The summed E-state index contributed by atoms with van der Waals surface area (Å²) >= 11 is 0. The molecule has 0 amide bonds. The predicted molar refractivity (Wildman–Crippen MR) is 188 cm³/mol. The van der Waals surface area contributed by atoms with Crippen LogP contribution in [0.25, 0.3) is 99.2 Å². The number of aromatic nitrogens is 2. The summed E-state index contributed by atoms with van der Waals surface area (Å²) in [5, 5.41) is 6.41. The molecule has 214 valence electrons. The van der Waals surface area contributed by atoms with Crippen LogP contribution in [-0.4, -0.2) is 9.97 Å². The maximum atomic E-state index is 6.46. The Hall–Kier alpha value is -6.26. The van der Waals surface area contributed by atoms with Gasteiger partial charge in [0.25, 0.3) is 0 Å². The van der Waals surface area contributed by atoms with Crippen LogP contribution in [0.5, 0.6) is 0 Å². The zero-order valence-electron chi connectivity index (χ0n) is 24.6. The summed E-state index contributed by atoms with van der Waals surface area (Å²) < 4.78 is 12.9. The molecule has 0 saturated carbocycles. The molecule has 4 heteroatoms. The number of hydrogen-bond acceptors (Lipinski definition) is 4. The van der Waals surface area contributed by atoms with Gasteiger partial charge in [0, 0.05) is 44.1 Å². The Kier molecular flexibility index (Phi) is 5.25. The van der Waals surface area contributed by atoms with Crippen molar-refractivity contribution in [1.82, 2.24) is 9.97 Å². The van der Waals surface area contributed by atoms with Gasteiger partial charge in [-0.1, -0.05) is 84.9 Å². The molecule has 0 unspecified atom stereocenters. The summed E-state index contributed by atoms with van der Waals surface area (Å²) in [5.74, 6) is 0. The van der Waals surface area contributed by atoms with E-state index in [0.717, 1.165) is 93.6 Å². The Balaban J connectivity index is 1.08. The van der Waals surface area contributed by atoms with E-state index in [1.54, 1.807) is 0 Å². The molecular formula is C42H24N2O2. The third-order valence-corrected chi connectivity index (χ3v) is 9.11. The van der Waals surface area contributed by atoms with Gasteiger partial charge in [-0.2, -0.15) is 0 Å². The maximum absolute atomic E-state index is 6.46. The van der Waals surface area contributed by atoms with E-state index in [0.29, 0.717) is 0 Å². The van der Waals surface area contributed by atoms with E-state index >= 15 is 0 Å². The van der Waals surface area contributed by atoms with Gasteiger partial charge in [-0.3, -0.25) is 4.98 Å². The van der Waals surface area contributed by atoms with Gasteiger partial charge < -0.3 is 8.83 Å². The molecule has 0 N–H and O–H groups in total. The van der Waals surface area contributed by atoms with Crippen molar-refractivity contribution in [3.05, 3.63) is 146 Å². The lowest BCUT2D eigenvalue weighted by Crippen LogP contribution is -1.89. The van der Waals surface area contributed by atoms with Crippen LogP contribution in [0.1, 0.15) is 0 Å². The third-order valence-electron chi connectivity index (χ3n) is 9.11. The van der Waals surface area contributed by atoms with E-state index in [-0.39, 0.29) is 0 Å². The average Bonchev–Trinajstić information content (AvgIpc) is 3.69. The zero-order valence-corrected chi connectivity index (χ0v) is 24.6. The standard InChI is InChI=1S/C42H24N2O2/c1-2-6-25(7-3-1)29-14-19-37-34(23-29)32-16-17-33-35-24-30(15-20-38(35)46-42(33)41(32)45-37)28-8-4-9-31(22-28)36-18-13-27-12-11-26-10-5-21-43-39(26)40(27)44-36/h1-24H. The highest BCUT2D eigenvalue weighted by Crippen LogP contribution is 2.41. The van der Waals surface area contributed by atoms with Gasteiger partial charge in [0.1, 0.15) is 11.2 Å². The fourth-order valence-corrected chi connectivity index (χ4v) is 6.80. The zero-order chi connectivity index (χ0) is 30.2. The monoisotopic (exact) mass is 588 g/mol. The van der Waals surface area contributed by atoms with E-state index in [1.165, 1.54) is 5.56 Å². The Morgan fingerprint density at radius 2 is 1.00 bits per heavy atom. The van der Waals surface area contributed by atoms with Crippen molar-refractivity contribution in [3.63, 3.8) is 0 Å². The average molecular weight is 589 g/mol. The lowest BCUT2D eigenvalue weighted by molar-refractivity contribution is 0.633. The molecule has 4 heterocycles. The lowest BCUT2D eigenvalue weighted by Gasteiger charge is -2.08. The van der Waals surface area contributed by atoms with Gasteiger partial charge in [0.2, 0.25) is 0 Å². The van der Waals surface area contributed by atoms with E-state index in [2.05, 4.69) is 132 Å². The molecule has 10 rings (SSSR count). The van der Waals surface area contributed by atoms with E-state index in [4.69, 9.17) is 13.8 Å². The third kappa shape index (κ3) is 3.80. The maximum Gasteiger partial charge on any atom is 0.178 e. The van der Waals surface area contributed by atoms with Crippen LogP contribution >= 0.6 is 0 Å². The first-order chi connectivity index (χ1) is 22.8. The molecule has 0 aliphatic carbocycles. The van der Waals surface area contributed by atoms with Crippen molar-refractivity contribution in [2.75, 3.05) is 0 Å². The number of benzene rings is 6. The molecule has 0 saturated heterocycles. The van der Waals surface area contributed by atoms with E-state index in [9.17, 15) is 0 Å². The molecule has 0 radical (unpaired) electrons. The molecule has 0 aliphatic heterocycles. The Morgan fingerprint density at radius 1 is 0.391 bits per heavy atom. The smallest absolute Gasteiger partial charge is 0.178 e. The lowest BCUT2D eigenvalue weighted by atomic mass is 9.99. The number of hydrogen-bond donors (Lipinski definition) is 0. The highest BCUT2D eigenvalue weighted by Gasteiger charge is 2.17. The van der Waals surface area contributed by atoms with Gasteiger partial charge in [0.15, 0.2) is 11.2 Å². The molecule has 4 nitrogen and oxygen atoms in total. The van der Waals surface area contributed by atoms with E-state index < -0.39 is 0 Å². The second kappa shape index (κ2) is 9.62. The van der Waals surface area contributed by atoms with Crippen molar-refractivity contribution in [3.8, 4) is 33.5 Å². The Labute approximate surface area is 263 Å². The molecule has 4 aromatic heterocycles. The topological polar surface area (TPSA) is 52.1 Å². The second-order valence-corrected chi connectivity index (χ2v) is 11.8. The summed E-state index contributed by atoms with van der Waals surface area (Å²) in [6.07, 6.45) is 1.83. The van der Waals surface area contributed by atoms with Crippen LogP contribution in [0.3, 0.4) is 0 Å². The van der Waals surface area contributed by atoms with Gasteiger partial charge >= 0.3 is 0 Å². The van der Waals surface area contributed by atoms with Crippen LogP contribution in [0, 0.1) is 0 Å². The van der Waals surface area contributed by atoms with Gasteiger partial charge in [0.05, 0.1) is 16.7 Å². The molecule has 6 aromatic carbocycles. The molecular weight excluding hydrogens is 564 g/mol. The minimum Gasteiger partial charge on any atom is -0.452 e. The molecule has 0 bridgehead atoms. The quantitative estimate of drug-likeness (QED) is 0.193. The molecule has 0 fully saturated rings. The summed E-state index contributed by atoms with van der Waals surface area (Å²) in [4.78, 5) is 9.70. The molecule has 10 aromatic rings.